The maximum absolute atomic E-state index is 12.2. The van der Waals surface area contributed by atoms with Crippen molar-refractivity contribution < 1.29 is 0 Å². The molecule has 0 fully saturated rings. The minimum atomic E-state index is -0.265. The van der Waals surface area contributed by atoms with Crippen molar-refractivity contribution in [2.75, 3.05) is 19.0 Å². The summed E-state index contributed by atoms with van der Waals surface area (Å²) in [5, 5.41) is 0.499. The van der Waals surface area contributed by atoms with Crippen LogP contribution < -0.4 is 16.0 Å². The second-order valence-corrected chi connectivity index (χ2v) is 4.89. The Bertz CT molecular complexity index is 925. The van der Waals surface area contributed by atoms with Crippen molar-refractivity contribution in [2.24, 2.45) is 0 Å². The summed E-state index contributed by atoms with van der Waals surface area (Å²) in [4.78, 5) is 33.0. The van der Waals surface area contributed by atoms with Gasteiger partial charge in [0.1, 0.15) is 0 Å². The molecule has 0 aliphatic heterocycles. The zero-order valence-corrected chi connectivity index (χ0v) is 11.7. The maximum atomic E-state index is 12.2. The van der Waals surface area contributed by atoms with Gasteiger partial charge in [-0.15, -0.1) is 0 Å². The van der Waals surface area contributed by atoms with Gasteiger partial charge in [0.2, 0.25) is 5.95 Å². The number of hydrogen-bond acceptors (Lipinski definition) is 4. The number of nitrogens with zero attached hydrogens (tertiary/aromatic N) is 3. The summed E-state index contributed by atoms with van der Waals surface area (Å²) in [7, 11) is 3.71. The number of benzene rings is 1. The number of anilines is 1. The minimum Gasteiger partial charge on any atom is -0.377 e. The predicted molar refractivity (Wildman–Crippen MR) is 82.3 cm³/mol. The SMILES string of the molecule is CN(C)c1ccn(-c2nc3ccccc3c(=O)[nH]2)c(=O)c1. The molecule has 0 aliphatic carbocycles. The van der Waals surface area contributed by atoms with Crippen LogP contribution in [-0.2, 0) is 0 Å². The highest BCUT2D eigenvalue weighted by Crippen LogP contribution is 2.09. The van der Waals surface area contributed by atoms with Crippen LogP contribution in [0.3, 0.4) is 0 Å². The van der Waals surface area contributed by atoms with Crippen molar-refractivity contribution in [3.63, 3.8) is 0 Å². The highest BCUT2D eigenvalue weighted by molar-refractivity contribution is 5.77. The van der Waals surface area contributed by atoms with Crippen LogP contribution in [0.5, 0.6) is 0 Å². The fourth-order valence-corrected chi connectivity index (χ4v) is 2.11. The lowest BCUT2D eigenvalue weighted by atomic mass is 10.2. The third-order valence-corrected chi connectivity index (χ3v) is 3.25. The molecule has 0 bridgehead atoms. The molecule has 6 nitrogen and oxygen atoms in total. The van der Waals surface area contributed by atoms with Gasteiger partial charge in [-0.2, -0.15) is 0 Å². The summed E-state index contributed by atoms with van der Waals surface area (Å²) in [6, 6.07) is 10.3. The normalized spacial score (nSPS) is 10.8. The van der Waals surface area contributed by atoms with Crippen molar-refractivity contribution in [2.45, 2.75) is 0 Å². The zero-order valence-electron chi connectivity index (χ0n) is 11.7. The van der Waals surface area contributed by atoms with Crippen molar-refractivity contribution >= 4 is 16.6 Å². The Kier molecular flexibility index (Phi) is 3.06. The number of para-hydroxylation sites is 1. The molecule has 1 aromatic carbocycles. The second kappa shape index (κ2) is 4.90. The van der Waals surface area contributed by atoms with Crippen LogP contribution in [0, 0.1) is 0 Å². The molecule has 0 saturated carbocycles. The average molecular weight is 282 g/mol. The fraction of sp³-hybridized carbons (Fsp3) is 0.133. The highest BCUT2D eigenvalue weighted by Gasteiger charge is 2.07. The third-order valence-electron chi connectivity index (χ3n) is 3.25. The van der Waals surface area contributed by atoms with E-state index in [1.807, 2.05) is 19.0 Å². The van der Waals surface area contributed by atoms with E-state index in [2.05, 4.69) is 9.97 Å². The second-order valence-electron chi connectivity index (χ2n) is 4.89. The molecule has 0 amide bonds. The molecule has 21 heavy (non-hydrogen) atoms. The highest BCUT2D eigenvalue weighted by atomic mass is 16.1. The molecular weight excluding hydrogens is 268 g/mol. The van der Waals surface area contributed by atoms with Crippen LogP contribution in [0.4, 0.5) is 5.69 Å². The minimum absolute atomic E-state index is 0.217. The van der Waals surface area contributed by atoms with Crippen molar-refractivity contribution in [3.05, 3.63) is 63.3 Å². The Morgan fingerprint density at radius 1 is 1.14 bits per heavy atom. The van der Waals surface area contributed by atoms with Gasteiger partial charge >= 0.3 is 0 Å². The first-order chi connectivity index (χ1) is 10.1. The number of pyridine rings is 1. The number of nitrogens with one attached hydrogen (secondary N) is 1. The van der Waals surface area contributed by atoms with Gasteiger partial charge in [0.25, 0.3) is 11.1 Å². The number of fused-ring (bicyclic) bond motifs is 1. The molecule has 0 saturated heterocycles. The number of hydrogen-bond donors (Lipinski definition) is 1. The number of H-pyrrole nitrogens is 1. The summed E-state index contributed by atoms with van der Waals surface area (Å²) >= 11 is 0. The Morgan fingerprint density at radius 3 is 2.62 bits per heavy atom. The van der Waals surface area contributed by atoms with Gasteiger partial charge in [-0.1, -0.05) is 12.1 Å². The smallest absolute Gasteiger partial charge is 0.260 e. The average Bonchev–Trinajstić information content (AvgIpc) is 2.47. The molecule has 0 aliphatic rings. The van der Waals surface area contributed by atoms with Gasteiger partial charge in [-0.3, -0.25) is 19.1 Å². The van der Waals surface area contributed by atoms with E-state index < -0.39 is 0 Å². The summed E-state index contributed by atoms with van der Waals surface area (Å²) < 4.78 is 1.32. The molecule has 2 heterocycles. The molecule has 106 valence electrons. The molecule has 2 aromatic heterocycles. The quantitative estimate of drug-likeness (QED) is 0.765. The van der Waals surface area contributed by atoms with Crippen LogP contribution in [-0.4, -0.2) is 28.6 Å². The van der Waals surface area contributed by atoms with Gasteiger partial charge < -0.3 is 4.90 Å². The Morgan fingerprint density at radius 2 is 1.90 bits per heavy atom. The zero-order chi connectivity index (χ0) is 15.0. The monoisotopic (exact) mass is 282 g/mol. The summed E-state index contributed by atoms with van der Waals surface area (Å²) in [5.41, 5.74) is 0.832. The van der Waals surface area contributed by atoms with Crippen molar-refractivity contribution in [1.29, 1.82) is 0 Å². The number of rotatable bonds is 2. The van der Waals surface area contributed by atoms with Crippen molar-refractivity contribution in [3.8, 4) is 5.95 Å². The molecule has 1 N–H and O–H groups in total. The number of aromatic nitrogens is 3. The van der Waals surface area contributed by atoms with Crippen molar-refractivity contribution in [1.82, 2.24) is 14.5 Å². The first-order valence-corrected chi connectivity index (χ1v) is 6.46. The van der Waals surface area contributed by atoms with Gasteiger partial charge in [0, 0.05) is 32.0 Å². The lowest BCUT2D eigenvalue weighted by Gasteiger charge is -2.13. The first kappa shape index (κ1) is 13.1. The summed E-state index contributed by atoms with van der Waals surface area (Å²) in [5.74, 6) is 0.217. The lowest BCUT2D eigenvalue weighted by molar-refractivity contribution is 0.885. The van der Waals surface area contributed by atoms with Crippen LogP contribution in [0.25, 0.3) is 16.9 Å². The van der Waals surface area contributed by atoms with Gasteiger partial charge in [0.05, 0.1) is 10.9 Å². The molecule has 0 spiro atoms. The Balaban J connectivity index is 2.21. The summed E-state index contributed by atoms with van der Waals surface area (Å²) in [6.07, 6.45) is 1.60. The van der Waals surface area contributed by atoms with Gasteiger partial charge in [0.15, 0.2) is 0 Å². The molecule has 6 heteroatoms. The predicted octanol–water partition coefficient (Wildman–Crippen LogP) is 1.14. The van der Waals surface area contributed by atoms with Crippen LogP contribution >= 0.6 is 0 Å². The molecule has 0 atom stereocenters. The van der Waals surface area contributed by atoms with Crippen LogP contribution in [0.15, 0.2) is 52.2 Å². The molecule has 3 aromatic rings. The number of aromatic amines is 1. The molecular formula is C15H14N4O2. The maximum Gasteiger partial charge on any atom is 0.260 e. The van der Waals surface area contributed by atoms with E-state index in [9.17, 15) is 9.59 Å². The largest absolute Gasteiger partial charge is 0.377 e. The van der Waals surface area contributed by atoms with E-state index >= 15 is 0 Å². The lowest BCUT2D eigenvalue weighted by Crippen LogP contribution is -2.23. The van der Waals surface area contributed by atoms with E-state index in [-0.39, 0.29) is 17.1 Å². The topological polar surface area (TPSA) is 71.0 Å². The Hall–Kier alpha value is -2.89. The molecule has 0 unspecified atom stereocenters. The van der Waals surface area contributed by atoms with E-state index in [1.165, 1.54) is 10.6 Å². The van der Waals surface area contributed by atoms with E-state index in [1.54, 1.807) is 36.5 Å². The van der Waals surface area contributed by atoms with E-state index in [0.717, 1.165) is 5.69 Å². The van der Waals surface area contributed by atoms with Crippen LogP contribution in [0.1, 0.15) is 0 Å². The van der Waals surface area contributed by atoms with Gasteiger partial charge in [-0.25, -0.2) is 4.98 Å². The van der Waals surface area contributed by atoms with E-state index in [4.69, 9.17) is 0 Å². The van der Waals surface area contributed by atoms with Gasteiger partial charge in [-0.05, 0) is 18.2 Å². The molecule has 3 rings (SSSR count). The van der Waals surface area contributed by atoms with Crippen LogP contribution in [0.2, 0.25) is 0 Å². The Labute approximate surface area is 120 Å². The standard InChI is InChI=1S/C15H14N4O2/c1-18(2)10-7-8-19(13(20)9-10)15-16-12-6-4-3-5-11(12)14(21)17-15/h3-9H,1-2H3,(H,16,17,21). The van der Waals surface area contributed by atoms with E-state index in [0.29, 0.717) is 10.9 Å². The summed E-state index contributed by atoms with van der Waals surface area (Å²) in [6.45, 7) is 0. The molecule has 0 radical (unpaired) electrons. The third kappa shape index (κ3) is 2.31. The first-order valence-electron chi connectivity index (χ1n) is 6.46. The fourth-order valence-electron chi connectivity index (χ4n) is 2.11.